The molecule has 2 saturated heterocycles. The quantitative estimate of drug-likeness (QED) is 0.864. The number of rotatable bonds is 3. The minimum absolute atomic E-state index is 0.120. The number of carbonyl (C=O) groups is 1. The maximum atomic E-state index is 11.9. The summed E-state index contributed by atoms with van der Waals surface area (Å²) in [5.74, 6) is 0.550. The number of morpholine rings is 1. The van der Waals surface area contributed by atoms with Crippen LogP contribution < -0.4 is 10.2 Å². The van der Waals surface area contributed by atoms with Gasteiger partial charge in [-0.1, -0.05) is 0 Å². The summed E-state index contributed by atoms with van der Waals surface area (Å²) >= 11 is 0. The molecule has 0 saturated carbocycles. The molecular formula is C13H18N4O3. The first-order valence-electron chi connectivity index (χ1n) is 6.90. The first kappa shape index (κ1) is 13.3. The van der Waals surface area contributed by atoms with Crippen molar-refractivity contribution >= 4 is 17.5 Å². The Morgan fingerprint density at radius 2 is 2.00 bits per heavy atom. The van der Waals surface area contributed by atoms with E-state index >= 15 is 0 Å². The number of nitrogens with zero attached hydrogens (tertiary/aromatic N) is 3. The number of aromatic nitrogens is 2. The predicted octanol–water partition coefficient (Wildman–Crippen LogP) is 0.431. The molecule has 7 nitrogen and oxygen atoms in total. The van der Waals surface area contributed by atoms with Crippen molar-refractivity contribution in [1.82, 2.24) is 9.97 Å². The molecule has 0 bridgehead atoms. The van der Waals surface area contributed by atoms with E-state index in [1.54, 1.807) is 12.4 Å². The highest BCUT2D eigenvalue weighted by molar-refractivity contribution is 5.94. The summed E-state index contributed by atoms with van der Waals surface area (Å²) in [6.45, 7) is 3.63. The number of amides is 1. The Kier molecular flexibility index (Phi) is 4.08. The highest BCUT2D eigenvalue weighted by atomic mass is 16.5. The van der Waals surface area contributed by atoms with Crippen molar-refractivity contribution in [3.63, 3.8) is 0 Å². The van der Waals surface area contributed by atoms with Gasteiger partial charge in [-0.25, -0.2) is 9.97 Å². The lowest BCUT2D eigenvalue weighted by Crippen LogP contribution is -2.37. The monoisotopic (exact) mass is 278 g/mol. The third kappa shape index (κ3) is 3.05. The lowest BCUT2D eigenvalue weighted by molar-refractivity contribution is -0.124. The first-order chi connectivity index (χ1) is 9.83. The van der Waals surface area contributed by atoms with Crippen molar-refractivity contribution in [2.24, 2.45) is 0 Å². The van der Waals surface area contributed by atoms with Gasteiger partial charge in [0.1, 0.15) is 6.10 Å². The Hall–Kier alpha value is -1.73. The maximum Gasteiger partial charge on any atom is 0.253 e. The van der Waals surface area contributed by atoms with Gasteiger partial charge in [0.05, 0.1) is 31.3 Å². The zero-order chi connectivity index (χ0) is 13.8. The van der Waals surface area contributed by atoms with E-state index in [4.69, 9.17) is 9.47 Å². The van der Waals surface area contributed by atoms with Gasteiger partial charge in [-0.05, 0) is 12.8 Å². The Balaban J connectivity index is 1.59. The van der Waals surface area contributed by atoms with Crippen LogP contribution in [0.25, 0.3) is 0 Å². The molecule has 0 spiro atoms. The van der Waals surface area contributed by atoms with Gasteiger partial charge in [0.2, 0.25) is 5.95 Å². The van der Waals surface area contributed by atoms with Crippen LogP contribution in [0.3, 0.4) is 0 Å². The zero-order valence-electron chi connectivity index (χ0n) is 11.2. The van der Waals surface area contributed by atoms with Crippen LogP contribution in [0.2, 0.25) is 0 Å². The zero-order valence-corrected chi connectivity index (χ0v) is 11.2. The minimum atomic E-state index is -0.339. The van der Waals surface area contributed by atoms with Crippen molar-refractivity contribution in [2.75, 3.05) is 43.1 Å². The SMILES string of the molecule is O=C(Nc1cnc(N2CCOCC2)nc1)[C@@H]1CCCO1. The lowest BCUT2D eigenvalue weighted by Gasteiger charge is -2.26. The summed E-state index contributed by atoms with van der Waals surface area (Å²) in [5, 5.41) is 2.78. The van der Waals surface area contributed by atoms with Crippen molar-refractivity contribution in [1.29, 1.82) is 0 Å². The first-order valence-corrected chi connectivity index (χ1v) is 6.90. The molecule has 108 valence electrons. The number of carbonyl (C=O) groups excluding carboxylic acids is 1. The van der Waals surface area contributed by atoms with E-state index in [1.165, 1.54) is 0 Å². The van der Waals surface area contributed by atoms with E-state index in [0.717, 1.165) is 25.9 Å². The van der Waals surface area contributed by atoms with Crippen molar-refractivity contribution < 1.29 is 14.3 Å². The molecule has 2 fully saturated rings. The molecule has 0 aliphatic carbocycles. The van der Waals surface area contributed by atoms with E-state index in [9.17, 15) is 4.79 Å². The van der Waals surface area contributed by atoms with Gasteiger partial charge in [-0.3, -0.25) is 4.79 Å². The highest BCUT2D eigenvalue weighted by Crippen LogP contribution is 2.16. The molecule has 7 heteroatoms. The molecule has 2 aliphatic heterocycles. The average Bonchev–Trinajstić information content (AvgIpc) is 3.03. The van der Waals surface area contributed by atoms with Gasteiger partial charge in [0.25, 0.3) is 5.91 Å². The van der Waals surface area contributed by atoms with Crippen LogP contribution in [-0.2, 0) is 14.3 Å². The summed E-state index contributed by atoms with van der Waals surface area (Å²) in [6.07, 6.45) is 4.63. The second kappa shape index (κ2) is 6.15. The van der Waals surface area contributed by atoms with Gasteiger partial charge in [-0.2, -0.15) is 0 Å². The van der Waals surface area contributed by atoms with Crippen LogP contribution in [-0.4, -0.2) is 54.9 Å². The average molecular weight is 278 g/mol. The summed E-state index contributed by atoms with van der Waals surface area (Å²) < 4.78 is 10.6. The number of hydrogen-bond donors (Lipinski definition) is 1. The third-order valence-corrected chi connectivity index (χ3v) is 3.42. The molecule has 1 N–H and O–H groups in total. The molecule has 0 aromatic carbocycles. The van der Waals surface area contributed by atoms with Gasteiger partial charge < -0.3 is 19.7 Å². The van der Waals surface area contributed by atoms with Crippen LogP contribution in [0, 0.1) is 0 Å². The predicted molar refractivity (Wildman–Crippen MR) is 72.7 cm³/mol. The van der Waals surface area contributed by atoms with Crippen LogP contribution in [0.15, 0.2) is 12.4 Å². The van der Waals surface area contributed by atoms with Gasteiger partial charge in [0, 0.05) is 19.7 Å². The standard InChI is InChI=1S/C13H18N4O3/c18-12(11-2-1-5-20-11)16-10-8-14-13(15-9-10)17-3-6-19-7-4-17/h8-9,11H,1-7H2,(H,16,18)/t11-/m0/s1. The summed E-state index contributed by atoms with van der Waals surface area (Å²) in [7, 11) is 0. The highest BCUT2D eigenvalue weighted by Gasteiger charge is 2.23. The largest absolute Gasteiger partial charge is 0.378 e. The Morgan fingerprint density at radius 1 is 1.25 bits per heavy atom. The maximum absolute atomic E-state index is 11.9. The number of anilines is 2. The molecule has 20 heavy (non-hydrogen) atoms. The smallest absolute Gasteiger partial charge is 0.253 e. The van der Waals surface area contributed by atoms with Crippen molar-refractivity contribution in [2.45, 2.75) is 18.9 Å². The number of hydrogen-bond acceptors (Lipinski definition) is 6. The van der Waals surface area contributed by atoms with Gasteiger partial charge >= 0.3 is 0 Å². The summed E-state index contributed by atoms with van der Waals surface area (Å²) in [4.78, 5) is 22.5. The van der Waals surface area contributed by atoms with Crippen LogP contribution in [0.4, 0.5) is 11.6 Å². The fraction of sp³-hybridized carbons (Fsp3) is 0.615. The molecule has 2 aliphatic rings. The number of ether oxygens (including phenoxy) is 2. The Morgan fingerprint density at radius 3 is 2.65 bits per heavy atom. The molecule has 0 unspecified atom stereocenters. The van der Waals surface area contributed by atoms with Crippen LogP contribution >= 0.6 is 0 Å². The van der Waals surface area contributed by atoms with E-state index in [-0.39, 0.29) is 12.0 Å². The molecule has 1 amide bonds. The Bertz CT molecular complexity index is 453. The minimum Gasteiger partial charge on any atom is -0.378 e. The van der Waals surface area contributed by atoms with Gasteiger partial charge in [-0.15, -0.1) is 0 Å². The molecule has 1 aromatic rings. The van der Waals surface area contributed by atoms with E-state index in [0.29, 0.717) is 31.5 Å². The van der Waals surface area contributed by atoms with Crippen molar-refractivity contribution in [3.05, 3.63) is 12.4 Å². The van der Waals surface area contributed by atoms with Crippen molar-refractivity contribution in [3.8, 4) is 0 Å². The normalized spacial score (nSPS) is 22.8. The molecule has 1 atom stereocenters. The summed E-state index contributed by atoms with van der Waals surface area (Å²) in [6, 6.07) is 0. The third-order valence-electron chi connectivity index (χ3n) is 3.42. The van der Waals surface area contributed by atoms with Gasteiger partial charge in [0.15, 0.2) is 0 Å². The van der Waals surface area contributed by atoms with Crippen LogP contribution in [0.5, 0.6) is 0 Å². The Labute approximate surface area is 117 Å². The fourth-order valence-electron chi connectivity index (χ4n) is 2.32. The molecule has 0 radical (unpaired) electrons. The second-order valence-electron chi connectivity index (χ2n) is 4.86. The molecule has 3 heterocycles. The molecule has 3 rings (SSSR count). The lowest BCUT2D eigenvalue weighted by atomic mass is 10.2. The van der Waals surface area contributed by atoms with E-state index in [2.05, 4.69) is 20.2 Å². The fourth-order valence-corrected chi connectivity index (χ4v) is 2.32. The topological polar surface area (TPSA) is 76.6 Å². The second-order valence-corrected chi connectivity index (χ2v) is 4.86. The van der Waals surface area contributed by atoms with E-state index < -0.39 is 0 Å². The molecular weight excluding hydrogens is 260 g/mol. The van der Waals surface area contributed by atoms with E-state index in [1.807, 2.05) is 0 Å². The number of nitrogens with one attached hydrogen (secondary N) is 1. The molecule has 1 aromatic heterocycles. The summed E-state index contributed by atoms with van der Waals surface area (Å²) in [5.41, 5.74) is 0.600. The van der Waals surface area contributed by atoms with Crippen LogP contribution in [0.1, 0.15) is 12.8 Å².